The Labute approximate surface area is 185 Å². The summed E-state index contributed by atoms with van der Waals surface area (Å²) in [5.74, 6) is -1.60. The van der Waals surface area contributed by atoms with Crippen molar-refractivity contribution in [3.05, 3.63) is 60.2 Å². The molecule has 0 aromatic heterocycles. The van der Waals surface area contributed by atoms with Crippen LogP contribution in [0.2, 0.25) is 0 Å². The Hall–Kier alpha value is -3.01. The van der Waals surface area contributed by atoms with Gasteiger partial charge in [-0.3, -0.25) is 4.79 Å². The van der Waals surface area contributed by atoms with E-state index in [2.05, 4.69) is 10.6 Å². The Morgan fingerprint density at radius 1 is 1.12 bits per heavy atom. The number of carbonyl (C=O) groups is 2. The van der Waals surface area contributed by atoms with Gasteiger partial charge in [0.05, 0.1) is 4.90 Å². The molecule has 172 valence electrons. The number of sulfone groups is 1. The van der Waals surface area contributed by atoms with Crippen LogP contribution in [0.3, 0.4) is 0 Å². The van der Waals surface area contributed by atoms with Crippen LogP contribution >= 0.6 is 0 Å². The van der Waals surface area contributed by atoms with Gasteiger partial charge in [0.15, 0.2) is 9.84 Å². The highest BCUT2D eigenvalue weighted by Crippen LogP contribution is 2.22. The van der Waals surface area contributed by atoms with E-state index < -0.39 is 38.7 Å². The van der Waals surface area contributed by atoms with E-state index in [9.17, 15) is 26.8 Å². The molecule has 1 heterocycles. The molecule has 1 aliphatic heterocycles. The fraction of sp³-hybridized carbons (Fsp3) is 0.364. The lowest BCUT2D eigenvalue weighted by Crippen LogP contribution is -2.48. The monoisotopic (exact) mass is 465 g/mol. The van der Waals surface area contributed by atoms with Gasteiger partial charge in [-0.25, -0.2) is 22.0 Å². The molecule has 32 heavy (non-hydrogen) atoms. The van der Waals surface area contributed by atoms with Crippen molar-refractivity contribution in [2.24, 2.45) is 5.92 Å². The number of nitrogens with zero attached hydrogens (tertiary/aromatic N) is 1. The molecule has 0 aliphatic carbocycles. The van der Waals surface area contributed by atoms with Crippen molar-refractivity contribution in [2.45, 2.75) is 29.9 Å². The van der Waals surface area contributed by atoms with Crippen molar-refractivity contribution in [1.29, 1.82) is 0 Å². The van der Waals surface area contributed by atoms with Crippen LogP contribution in [-0.2, 0) is 14.6 Å². The van der Waals surface area contributed by atoms with Gasteiger partial charge in [-0.15, -0.1) is 0 Å². The van der Waals surface area contributed by atoms with Gasteiger partial charge < -0.3 is 15.5 Å². The van der Waals surface area contributed by atoms with Crippen LogP contribution in [0.15, 0.2) is 53.4 Å². The third kappa shape index (κ3) is 5.82. The van der Waals surface area contributed by atoms with Crippen LogP contribution in [0, 0.1) is 17.6 Å². The average molecular weight is 466 g/mol. The largest absolute Gasteiger partial charge is 0.341 e. The number of rotatable bonds is 6. The lowest BCUT2D eigenvalue weighted by molar-refractivity contribution is -0.132. The van der Waals surface area contributed by atoms with Gasteiger partial charge >= 0.3 is 6.03 Å². The first-order valence-electron chi connectivity index (χ1n) is 10.3. The van der Waals surface area contributed by atoms with Gasteiger partial charge in [-0.2, -0.15) is 0 Å². The number of urea groups is 1. The second kappa shape index (κ2) is 10.1. The van der Waals surface area contributed by atoms with E-state index in [0.29, 0.717) is 25.2 Å². The van der Waals surface area contributed by atoms with Gasteiger partial charge in [0.2, 0.25) is 5.91 Å². The summed E-state index contributed by atoms with van der Waals surface area (Å²) in [4.78, 5) is 26.3. The number of carbonyl (C=O) groups excluding carboxylic acids is 2. The first-order chi connectivity index (χ1) is 15.2. The zero-order valence-electron chi connectivity index (χ0n) is 17.6. The van der Waals surface area contributed by atoms with E-state index in [4.69, 9.17) is 0 Å². The molecular formula is C22H25F2N3O4S. The number of nitrogens with one attached hydrogen (secondary N) is 2. The Kier molecular flexibility index (Phi) is 7.44. The molecule has 7 nitrogen and oxygen atoms in total. The molecule has 2 aromatic carbocycles. The smallest absolute Gasteiger partial charge is 0.319 e. The van der Waals surface area contributed by atoms with Gasteiger partial charge in [0, 0.05) is 25.3 Å². The molecule has 0 unspecified atom stereocenters. The van der Waals surface area contributed by atoms with Crippen molar-refractivity contribution < 1.29 is 26.8 Å². The van der Waals surface area contributed by atoms with Crippen LogP contribution in [0.5, 0.6) is 0 Å². The second-order valence-corrected chi connectivity index (χ2v) is 10.0. The maximum atomic E-state index is 13.2. The summed E-state index contributed by atoms with van der Waals surface area (Å²) in [7, 11) is -3.95. The van der Waals surface area contributed by atoms with Crippen molar-refractivity contribution in [2.75, 3.05) is 25.0 Å². The van der Waals surface area contributed by atoms with Gasteiger partial charge in [0.1, 0.15) is 16.9 Å². The zero-order valence-corrected chi connectivity index (χ0v) is 18.4. The molecule has 3 amide bonds. The Balaban J connectivity index is 1.56. The molecule has 2 aromatic rings. The van der Waals surface area contributed by atoms with Crippen LogP contribution in [-0.4, -0.2) is 50.1 Å². The summed E-state index contributed by atoms with van der Waals surface area (Å²) in [5, 5.41) is 3.94. The highest BCUT2D eigenvalue weighted by molar-refractivity contribution is 7.92. The molecule has 0 bridgehead atoms. The first-order valence-corrected chi connectivity index (χ1v) is 11.8. The lowest BCUT2D eigenvalue weighted by Gasteiger charge is -2.34. The van der Waals surface area contributed by atoms with Crippen molar-refractivity contribution in [3.8, 4) is 0 Å². The van der Waals surface area contributed by atoms with Crippen molar-refractivity contribution >= 4 is 27.5 Å². The molecule has 0 saturated carbocycles. The highest BCUT2D eigenvalue weighted by atomic mass is 32.2. The van der Waals surface area contributed by atoms with Crippen LogP contribution in [0.4, 0.5) is 19.3 Å². The minimum absolute atomic E-state index is 0.0494. The molecule has 1 saturated heterocycles. The van der Waals surface area contributed by atoms with Crippen LogP contribution < -0.4 is 10.6 Å². The van der Waals surface area contributed by atoms with E-state index in [1.165, 1.54) is 30.0 Å². The summed E-state index contributed by atoms with van der Waals surface area (Å²) in [5.41, 5.74) is 0.322. The topological polar surface area (TPSA) is 95.6 Å². The molecule has 1 aliphatic rings. The average Bonchev–Trinajstić information content (AvgIpc) is 2.77. The third-order valence-corrected chi connectivity index (χ3v) is 7.48. The number of anilines is 1. The maximum absolute atomic E-state index is 13.2. The number of hydrogen-bond acceptors (Lipinski definition) is 4. The second-order valence-electron chi connectivity index (χ2n) is 7.78. The van der Waals surface area contributed by atoms with Crippen molar-refractivity contribution in [3.63, 3.8) is 0 Å². The SMILES string of the molecule is C[C@H](C(=O)N1CCC[C@H](CNC(=O)Nc2cccc(F)c2)C1)S(=O)(=O)c1ccc(F)cc1. The minimum atomic E-state index is -3.95. The Morgan fingerprint density at radius 3 is 2.53 bits per heavy atom. The van der Waals surface area contributed by atoms with Gasteiger partial charge in [-0.1, -0.05) is 6.07 Å². The summed E-state index contributed by atoms with van der Waals surface area (Å²) < 4.78 is 51.9. The normalized spacial score (nSPS) is 17.5. The molecule has 0 spiro atoms. The van der Waals surface area contributed by atoms with E-state index in [0.717, 1.165) is 30.7 Å². The van der Waals surface area contributed by atoms with E-state index in [1.807, 2.05) is 0 Å². The predicted molar refractivity (Wildman–Crippen MR) is 116 cm³/mol. The quantitative estimate of drug-likeness (QED) is 0.641. The molecular weight excluding hydrogens is 440 g/mol. The van der Waals surface area contributed by atoms with Crippen LogP contribution in [0.25, 0.3) is 0 Å². The Bertz CT molecular complexity index is 1080. The fourth-order valence-corrected chi connectivity index (χ4v) is 4.97. The summed E-state index contributed by atoms with van der Waals surface area (Å²) >= 11 is 0. The number of likely N-dealkylation sites (tertiary alicyclic amines) is 1. The number of amides is 3. The fourth-order valence-electron chi connectivity index (χ4n) is 3.63. The molecule has 1 fully saturated rings. The third-order valence-electron chi connectivity index (χ3n) is 5.42. The number of halogens is 2. The number of benzene rings is 2. The van der Waals surface area contributed by atoms with E-state index >= 15 is 0 Å². The number of hydrogen-bond donors (Lipinski definition) is 2. The van der Waals surface area contributed by atoms with E-state index in [-0.39, 0.29) is 17.4 Å². The molecule has 3 rings (SSSR count). The minimum Gasteiger partial charge on any atom is -0.341 e. The zero-order chi connectivity index (χ0) is 23.3. The molecule has 2 atom stereocenters. The van der Waals surface area contributed by atoms with Crippen LogP contribution in [0.1, 0.15) is 19.8 Å². The Morgan fingerprint density at radius 2 is 1.84 bits per heavy atom. The number of piperidine rings is 1. The van der Waals surface area contributed by atoms with E-state index in [1.54, 1.807) is 6.07 Å². The first kappa shape index (κ1) is 23.6. The summed E-state index contributed by atoms with van der Waals surface area (Å²) in [6.45, 7) is 2.34. The van der Waals surface area contributed by atoms with Gasteiger partial charge in [-0.05, 0) is 68.1 Å². The summed E-state index contributed by atoms with van der Waals surface area (Å²) in [6, 6.07) is 9.40. The molecule has 2 N–H and O–H groups in total. The van der Waals surface area contributed by atoms with Crippen molar-refractivity contribution in [1.82, 2.24) is 10.2 Å². The molecule has 0 radical (unpaired) electrons. The standard InChI is InChI=1S/C22H25F2N3O4S/c1-15(32(30,31)20-9-7-17(23)8-10-20)21(28)27-11-3-4-16(14-27)13-25-22(29)26-19-6-2-5-18(24)12-19/h2,5-10,12,15-16H,3-4,11,13-14H2,1H3,(H2,25,26,29)/t15-,16-/m1/s1. The maximum Gasteiger partial charge on any atom is 0.319 e. The lowest BCUT2D eigenvalue weighted by atomic mass is 9.98. The van der Waals surface area contributed by atoms with Gasteiger partial charge in [0.25, 0.3) is 0 Å². The highest BCUT2D eigenvalue weighted by Gasteiger charge is 2.35. The molecule has 10 heteroatoms. The summed E-state index contributed by atoms with van der Waals surface area (Å²) in [6.07, 6.45) is 1.44. The predicted octanol–water partition coefficient (Wildman–Crippen LogP) is 3.19.